The van der Waals surface area contributed by atoms with Gasteiger partial charge in [-0.1, -0.05) is 20.8 Å². The van der Waals surface area contributed by atoms with E-state index in [0.717, 1.165) is 12.1 Å². The van der Waals surface area contributed by atoms with Gasteiger partial charge in [0.1, 0.15) is 11.6 Å². The number of hydrogen-bond acceptors (Lipinski definition) is 3. The molecule has 0 aromatic heterocycles. The number of halogens is 2. The maximum Gasteiger partial charge on any atom is 0.254 e. The van der Waals surface area contributed by atoms with Crippen LogP contribution in [0.2, 0.25) is 0 Å². The Bertz CT molecular complexity index is 556. The number of carbonyl (C=O) groups is 2. The maximum absolute atomic E-state index is 13.4. The predicted octanol–water partition coefficient (Wildman–Crippen LogP) is 1.22. The Balaban J connectivity index is 2.45. The lowest BCUT2D eigenvalue weighted by Gasteiger charge is -2.25. The molecule has 1 unspecified atom stereocenters. The first-order valence-electron chi connectivity index (χ1n) is 6.79. The third kappa shape index (κ3) is 5.40. The van der Waals surface area contributed by atoms with Gasteiger partial charge in [-0.3, -0.25) is 9.59 Å². The molecule has 3 N–H and O–H groups in total. The highest BCUT2D eigenvalue weighted by Gasteiger charge is 2.22. The molecule has 1 atom stereocenters. The van der Waals surface area contributed by atoms with Crippen molar-refractivity contribution < 1.29 is 23.5 Å². The number of carbonyl (C=O) groups excluding carboxylic acids is 2. The van der Waals surface area contributed by atoms with Gasteiger partial charge in [-0.2, -0.15) is 0 Å². The van der Waals surface area contributed by atoms with Gasteiger partial charge in [0.25, 0.3) is 5.91 Å². The van der Waals surface area contributed by atoms with Gasteiger partial charge >= 0.3 is 0 Å². The highest BCUT2D eigenvalue weighted by molar-refractivity contribution is 5.96. The quantitative estimate of drug-likeness (QED) is 0.764. The van der Waals surface area contributed by atoms with Crippen molar-refractivity contribution in [2.24, 2.45) is 5.41 Å². The van der Waals surface area contributed by atoms with Gasteiger partial charge < -0.3 is 15.7 Å². The molecule has 0 heterocycles. The highest BCUT2D eigenvalue weighted by Crippen LogP contribution is 2.17. The van der Waals surface area contributed by atoms with E-state index in [1.54, 1.807) is 0 Å². The fourth-order valence-corrected chi connectivity index (χ4v) is 1.51. The van der Waals surface area contributed by atoms with Crippen LogP contribution in [0.5, 0.6) is 0 Å². The van der Waals surface area contributed by atoms with Gasteiger partial charge in [-0.25, -0.2) is 8.78 Å². The van der Waals surface area contributed by atoms with E-state index in [1.807, 2.05) is 20.8 Å². The molecule has 0 spiro atoms. The van der Waals surface area contributed by atoms with Gasteiger partial charge in [0, 0.05) is 12.6 Å². The molecule has 1 aromatic carbocycles. The molecule has 0 aliphatic carbocycles. The van der Waals surface area contributed by atoms with Crippen LogP contribution in [0.1, 0.15) is 31.1 Å². The van der Waals surface area contributed by atoms with E-state index in [-0.39, 0.29) is 24.1 Å². The summed E-state index contributed by atoms with van der Waals surface area (Å²) in [6, 6.07) is 2.55. The van der Waals surface area contributed by atoms with Crippen LogP contribution < -0.4 is 10.6 Å². The Morgan fingerprint density at radius 1 is 1.23 bits per heavy atom. The standard InChI is InChI=1S/C15H20F2N2O3/c1-15(2,3)12(20)7-18-13(21)8-19-14(22)10-5-4-9(16)6-11(10)17/h4-6,12,20H,7-8H2,1-3H3,(H,18,21)(H,19,22). The zero-order chi connectivity index (χ0) is 16.9. The van der Waals surface area contributed by atoms with E-state index < -0.39 is 29.6 Å². The number of nitrogens with one attached hydrogen (secondary N) is 2. The average Bonchev–Trinajstić information content (AvgIpc) is 2.41. The molecule has 0 saturated carbocycles. The number of rotatable bonds is 5. The summed E-state index contributed by atoms with van der Waals surface area (Å²) >= 11 is 0. The minimum Gasteiger partial charge on any atom is -0.391 e. The zero-order valence-corrected chi connectivity index (χ0v) is 12.7. The number of aliphatic hydroxyl groups is 1. The lowest BCUT2D eigenvalue weighted by Crippen LogP contribution is -2.43. The third-order valence-corrected chi connectivity index (χ3v) is 3.08. The summed E-state index contributed by atoms with van der Waals surface area (Å²) in [7, 11) is 0. The van der Waals surface area contributed by atoms with Crippen molar-refractivity contribution in [3.05, 3.63) is 35.4 Å². The zero-order valence-electron chi connectivity index (χ0n) is 12.7. The van der Waals surface area contributed by atoms with E-state index in [2.05, 4.69) is 10.6 Å². The fraction of sp³-hybridized carbons (Fsp3) is 0.467. The second-order valence-corrected chi connectivity index (χ2v) is 5.99. The summed E-state index contributed by atoms with van der Waals surface area (Å²) in [6.07, 6.45) is -0.735. The SMILES string of the molecule is CC(C)(C)C(O)CNC(=O)CNC(=O)c1ccc(F)cc1F. The van der Waals surface area contributed by atoms with Crippen molar-refractivity contribution in [2.75, 3.05) is 13.1 Å². The second kappa shape index (κ2) is 7.31. The van der Waals surface area contributed by atoms with Gasteiger partial charge in [-0.05, 0) is 17.5 Å². The largest absolute Gasteiger partial charge is 0.391 e. The van der Waals surface area contributed by atoms with E-state index in [1.165, 1.54) is 0 Å². The van der Waals surface area contributed by atoms with Crippen LogP contribution in [0.3, 0.4) is 0 Å². The molecule has 0 aliphatic heterocycles. The Morgan fingerprint density at radius 3 is 2.41 bits per heavy atom. The molecular weight excluding hydrogens is 294 g/mol. The molecular formula is C15H20F2N2O3. The Kier molecular flexibility index (Phi) is 5.99. The van der Waals surface area contributed by atoms with Crippen LogP contribution in [0.4, 0.5) is 8.78 Å². The van der Waals surface area contributed by atoms with Crippen LogP contribution >= 0.6 is 0 Å². The number of amides is 2. The molecule has 1 rings (SSSR count). The molecule has 5 nitrogen and oxygen atoms in total. The first kappa shape index (κ1) is 18.0. The van der Waals surface area contributed by atoms with E-state index in [0.29, 0.717) is 6.07 Å². The summed E-state index contributed by atoms with van der Waals surface area (Å²) in [5, 5.41) is 14.5. The van der Waals surface area contributed by atoms with E-state index >= 15 is 0 Å². The van der Waals surface area contributed by atoms with Crippen molar-refractivity contribution >= 4 is 11.8 Å². The van der Waals surface area contributed by atoms with Gasteiger partial charge in [0.2, 0.25) is 5.91 Å². The van der Waals surface area contributed by atoms with Gasteiger partial charge in [0.15, 0.2) is 0 Å². The molecule has 22 heavy (non-hydrogen) atoms. The van der Waals surface area contributed by atoms with Crippen LogP contribution in [0, 0.1) is 17.0 Å². The molecule has 1 aromatic rings. The molecule has 0 fully saturated rings. The lowest BCUT2D eigenvalue weighted by molar-refractivity contribution is -0.120. The number of benzene rings is 1. The second-order valence-electron chi connectivity index (χ2n) is 5.99. The molecule has 0 aliphatic rings. The Labute approximate surface area is 127 Å². The topological polar surface area (TPSA) is 78.4 Å². The summed E-state index contributed by atoms with van der Waals surface area (Å²) in [5.41, 5.74) is -0.725. The average molecular weight is 314 g/mol. The van der Waals surface area contributed by atoms with Crippen molar-refractivity contribution in [1.29, 1.82) is 0 Å². The number of aliphatic hydroxyl groups excluding tert-OH is 1. The van der Waals surface area contributed by atoms with Crippen LogP contribution in [-0.2, 0) is 4.79 Å². The molecule has 0 radical (unpaired) electrons. The summed E-state index contributed by atoms with van der Waals surface area (Å²) in [6.45, 7) is 5.14. The normalized spacial score (nSPS) is 12.6. The van der Waals surface area contributed by atoms with E-state index in [9.17, 15) is 23.5 Å². The first-order valence-corrected chi connectivity index (χ1v) is 6.79. The Hall–Kier alpha value is -2.02. The molecule has 0 saturated heterocycles. The number of hydrogen-bond donors (Lipinski definition) is 3. The van der Waals surface area contributed by atoms with Crippen LogP contribution in [0.15, 0.2) is 18.2 Å². The minimum absolute atomic E-state index is 0.0448. The van der Waals surface area contributed by atoms with Crippen molar-refractivity contribution in [3.8, 4) is 0 Å². The maximum atomic E-state index is 13.4. The fourth-order valence-electron chi connectivity index (χ4n) is 1.51. The van der Waals surface area contributed by atoms with Gasteiger partial charge in [-0.15, -0.1) is 0 Å². The van der Waals surface area contributed by atoms with Crippen molar-refractivity contribution in [1.82, 2.24) is 10.6 Å². The third-order valence-electron chi connectivity index (χ3n) is 3.08. The first-order chi connectivity index (χ1) is 10.1. The Morgan fingerprint density at radius 2 is 1.86 bits per heavy atom. The van der Waals surface area contributed by atoms with Crippen molar-refractivity contribution in [2.45, 2.75) is 26.9 Å². The summed E-state index contributed by atoms with van der Waals surface area (Å²) in [4.78, 5) is 23.2. The molecule has 7 heteroatoms. The predicted molar refractivity (Wildman–Crippen MR) is 77.2 cm³/mol. The van der Waals surface area contributed by atoms with Crippen molar-refractivity contribution in [3.63, 3.8) is 0 Å². The van der Waals surface area contributed by atoms with Crippen LogP contribution in [0.25, 0.3) is 0 Å². The van der Waals surface area contributed by atoms with E-state index in [4.69, 9.17) is 0 Å². The smallest absolute Gasteiger partial charge is 0.254 e. The summed E-state index contributed by atoms with van der Waals surface area (Å²) < 4.78 is 26.1. The summed E-state index contributed by atoms with van der Waals surface area (Å²) in [5.74, 6) is -3.12. The monoisotopic (exact) mass is 314 g/mol. The highest BCUT2D eigenvalue weighted by atomic mass is 19.1. The molecule has 122 valence electrons. The minimum atomic E-state index is -0.999. The lowest BCUT2D eigenvalue weighted by atomic mass is 9.89. The molecule has 2 amide bonds. The van der Waals surface area contributed by atoms with Gasteiger partial charge in [0.05, 0.1) is 18.2 Å². The molecule has 0 bridgehead atoms. The van der Waals surface area contributed by atoms with Crippen LogP contribution in [-0.4, -0.2) is 36.1 Å².